The minimum atomic E-state index is -0.328. The van der Waals surface area contributed by atoms with Gasteiger partial charge in [0.15, 0.2) is 0 Å². The molecule has 1 spiro atoms. The van der Waals surface area contributed by atoms with Crippen LogP contribution < -0.4 is 4.74 Å². The number of aryl methyl sites for hydroxylation is 1. The van der Waals surface area contributed by atoms with Crippen molar-refractivity contribution >= 4 is 17.5 Å². The molecule has 4 heterocycles. The minimum Gasteiger partial charge on any atom is -0.487 e. The van der Waals surface area contributed by atoms with E-state index in [0.29, 0.717) is 23.0 Å². The second-order valence-electron chi connectivity index (χ2n) is 9.74. The zero-order chi connectivity index (χ0) is 21.8. The molecule has 0 radical (unpaired) electrons. The summed E-state index contributed by atoms with van der Waals surface area (Å²) >= 11 is 6.27. The smallest absolute Gasteiger partial charge is 0.256 e. The van der Waals surface area contributed by atoms with E-state index in [1.54, 1.807) is 12.4 Å². The van der Waals surface area contributed by atoms with E-state index in [-0.39, 0.29) is 28.9 Å². The molecule has 3 aliphatic rings. The molecule has 0 unspecified atom stereocenters. The van der Waals surface area contributed by atoms with E-state index in [1.165, 1.54) is 0 Å². The van der Waals surface area contributed by atoms with Crippen molar-refractivity contribution in [3.8, 4) is 5.75 Å². The van der Waals surface area contributed by atoms with Crippen molar-refractivity contribution in [2.45, 2.75) is 51.7 Å². The number of likely N-dealkylation sites (tertiary alicyclic amines) is 1. The van der Waals surface area contributed by atoms with Gasteiger partial charge in [0.25, 0.3) is 5.91 Å². The number of halogens is 1. The number of nitrogens with zero attached hydrogens (tertiary/aromatic N) is 3. The van der Waals surface area contributed by atoms with Crippen molar-refractivity contribution in [1.82, 2.24) is 14.9 Å². The summed E-state index contributed by atoms with van der Waals surface area (Å²) in [5, 5.41) is 0.705. The Bertz CT molecular complexity index is 1000. The fraction of sp³-hybridized carbons (Fsp3) is 0.542. The lowest BCUT2D eigenvalue weighted by Gasteiger charge is -2.54. The lowest BCUT2D eigenvalue weighted by Crippen LogP contribution is -2.54. The highest BCUT2D eigenvalue weighted by Gasteiger charge is 2.53. The van der Waals surface area contributed by atoms with Crippen LogP contribution >= 0.6 is 11.6 Å². The Balaban J connectivity index is 1.31. The van der Waals surface area contributed by atoms with Gasteiger partial charge < -0.3 is 14.4 Å². The van der Waals surface area contributed by atoms with E-state index < -0.39 is 0 Å². The van der Waals surface area contributed by atoms with Crippen LogP contribution in [0.5, 0.6) is 5.75 Å². The van der Waals surface area contributed by atoms with Gasteiger partial charge in [-0.25, -0.2) is 9.97 Å². The maximum Gasteiger partial charge on any atom is 0.256 e. The number of hydrogen-bond acceptors (Lipinski definition) is 5. The Labute approximate surface area is 187 Å². The predicted molar refractivity (Wildman–Crippen MR) is 117 cm³/mol. The maximum atomic E-state index is 12.9. The normalized spacial score (nSPS) is 26.0. The van der Waals surface area contributed by atoms with Gasteiger partial charge in [0.05, 0.1) is 18.3 Å². The summed E-state index contributed by atoms with van der Waals surface area (Å²) in [5.74, 6) is 1.78. The van der Waals surface area contributed by atoms with E-state index >= 15 is 0 Å². The standard InChI is InChI=1S/C24H28ClN3O3/c1-15-26-12-16(13-27-15)22(29)28-8-6-24(7-9-28)11-19-21(30-14-24)18-10-17(25)4-5-20(18)31-23(19,2)3/h4-5,10,12-13,19,21H,6-9,11,14H2,1-3H3/t19-,21+/m0/s1. The lowest BCUT2D eigenvalue weighted by atomic mass is 9.64. The zero-order valence-corrected chi connectivity index (χ0v) is 19.0. The molecule has 2 fully saturated rings. The summed E-state index contributed by atoms with van der Waals surface area (Å²) in [6.07, 6.45) is 6.10. The van der Waals surface area contributed by atoms with Crippen LogP contribution in [0.2, 0.25) is 5.02 Å². The second-order valence-corrected chi connectivity index (χ2v) is 10.2. The van der Waals surface area contributed by atoms with Crippen LogP contribution in [0.25, 0.3) is 0 Å². The molecule has 2 saturated heterocycles. The van der Waals surface area contributed by atoms with Crippen molar-refractivity contribution in [2.24, 2.45) is 11.3 Å². The van der Waals surface area contributed by atoms with Gasteiger partial charge in [-0.3, -0.25) is 4.79 Å². The number of aromatic nitrogens is 2. The molecular formula is C24H28ClN3O3. The van der Waals surface area contributed by atoms with Gasteiger partial charge in [0.1, 0.15) is 17.2 Å². The second kappa shape index (κ2) is 7.45. The fourth-order valence-corrected chi connectivity index (χ4v) is 5.52. The topological polar surface area (TPSA) is 64.6 Å². The Morgan fingerprint density at radius 1 is 1.19 bits per heavy atom. The molecule has 2 aromatic rings. The summed E-state index contributed by atoms with van der Waals surface area (Å²) in [5.41, 5.74) is 1.35. The molecule has 164 valence electrons. The molecule has 0 aliphatic carbocycles. The molecule has 3 aliphatic heterocycles. The largest absolute Gasteiger partial charge is 0.487 e. The molecule has 0 bridgehead atoms. The van der Waals surface area contributed by atoms with Gasteiger partial charge in [0.2, 0.25) is 0 Å². The zero-order valence-electron chi connectivity index (χ0n) is 18.2. The monoisotopic (exact) mass is 441 g/mol. The van der Waals surface area contributed by atoms with Crippen LogP contribution in [0.3, 0.4) is 0 Å². The highest BCUT2D eigenvalue weighted by atomic mass is 35.5. The number of hydrogen-bond donors (Lipinski definition) is 0. The van der Waals surface area contributed by atoms with Gasteiger partial charge in [0, 0.05) is 42.0 Å². The number of fused-ring (bicyclic) bond motifs is 3. The molecule has 5 rings (SSSR count). The average Bonchev–Trinajstić information content (AvgIpc) is 2.75. The number of ether oxygens (including phenoxy) is 2. The van der Waals surface area contributed by atoms with Crippen molar-refractivity contribution in [2.75, 3.05) is 19.7 Å². The molecular weight excluding hydrogens is 414 g/mol. The molecule has 0 N–H and O–H groups in total. The van der Waals surface area contributed by atoms with Crippen LogP contribution in [0.4, 0.5) is 0 Å². The third-order valence-corrected chi connectivity index (χ3v) is 7.51. The van der Waals surface area contributed by atoms with E-state index in [4.69, 9.17) is 21.1 Å². The number of benzene rings is 1. The Hall–Kier alpha value is -2.18. The third-order valence-electron chi connectivity index (χ3n) is 7.27. The maximum absolute atomic E-state index is 12.9. The van der Waals surface area contributed by atoms with Crippen LogP contribution in [-0.4, -0.2) is 46.1 Å². The number of rotatable bonds is 1. The summed E-state index contributed by atoms with van der Waals surface area (Å²) in [6, 6.07) is 5.79. The average molecular weight is 442 g/mol. The van der Waals surface area contributed by atoms with E-state index in [0.717, 1.165) is 43.7 Å². The Kier molecular flexibility index (Phi) is 4.98. The lowest BCUT2D eigenvalue weighted by molar-refractivity contribution is -0.173. The van der Waals surface area contributed by atoms with Crippen molar-refractivity contribution in [3.05, 3.63) is 52.6 Å². The summed E-state index contributed by atoms with van der Waals surface area (Å²) < 4.78 is 12.9. The van der Waals surface area contributed by atoms with Gasteiger partial charge >= 0.3 is 0 Å². The summed E-state index contributed by atoms with van der Waals surface area (Å²) in [4.78, 5) is 23.1. The third kappa shape index (κ3) is 3.70. The van der Waals surface area contributed by atoms with Crippen LogP contribution in [0.1, 0.15) is 61.0 Å². The first-order valence-corrected chi connectivity index (χ1v) is 11.3. The number of carbonyl (C=O) groups excluding carboxylic acids is 1. The SMILES string of the molecule is Cc1ncc(C(=O)N2CCC3(CC2)CO[C@@H]2c4cc(Cl)ccc4OC(C)(C)[C@H]2C3)cn1. The molecule has 1 aromatic carbocycles. The molecule has 1 amide bonds. The first kappa shape index (κ1) is 20.7. The molecule has 1 aromatic heterocycles. The Morgan fingerprint density at radius 3 is 2.61 bits per heavy atom. The molecule has 2 atom stereocenters. The highest BCUT2D eigenvalue weighted by molar-refractivity contribution is 6.30. The quantitative estimate of drug-likeness (QED) is 0.646. The van der Waals surface area contributed by atoms with Crippen LogP contribution in [0, 0.1) is 18.3 Å². The highest BCUT2D eigenvalue weighted by Crippen LogP contribution is 2.55. The molecule has 0 saturated carbocycles. The van der Waals surface area contributed by atoms with Gasteiger partial charge in [-0.1, -0.05) is 11.6 Å². The predicted octanol–water partition coefficient (Wildman–Crippen LogP) is 4.61. The van der Waals surface area contributed by atoms with Gasteiger partial charge in [-0.15, -0.1) is 0 Å². The van der Waals surface area contributed by atoms with Crippen molar-refractivity contribution < 1.29 is 14.3 Å². The molecule has 7 heteroatoms. The van der Waals surface area contributed by atoms with Gasteiger partial charge in [-0.2, -0.15) is 0 Å². The summed E-state index contributed by atoms with van der Waals surface area (Å²) in [7, 11) is 0. The first-order chi connectivity index (χ1) is 14.8. The van der Waals surface area contributed by atoms with Crippen LogP contribution in [0.15, 0.2) is 30.6 Å². The van der Waals surface area contributed by atoms with E-state index in [1.807, 2.05) is 30.0 Å². The van der Waals surface area contributed by atoms with Gasteiger partial charge in [-0.05, 0) is 63.6 Å². The fourth-order valence-electron chi connectivity index (χ4n) is 5.34. The van der Waals surface area contributed by atoms with E-state index in [2.05, 4.69) is 23.8 Å². The molecule has 31 heavy (non-hydrogen) atoms. The number of carbonyl (C=O) groups is 1. The van der Waals surface area contributed by atoms with Crippen molar-refractivity contribution in [1.29, 1.82) is 0 Å². The molecule has 6 nitrogen and oxygen atoms in total. The number of amides is 1. The summed E-state index contributed by atoms with van der Waals surface area (Å²) in [6.45, 7) is 8.26. The first-order valence-electron chi connectivity index (χ1n) is 10.9. The van der Waals surface area contributed by atoms with Crippen LogP contribution in [-0.2, 0) is 4.74 Å². The van der Waals surface area contributed by atoms with E-state index in [9.17, 15) is 4.79 Å². The number of piperidine rings is 1. The Morgan fingerprint density at radius 2 is 1.90 bits per heavy atom. The van der Waals surface area contributed by atoms with Crippen molar-refractivity contribution in [3.63, 3.8) is 0 Å². The minimum absolute atomic E-state index is 0.00700.